The molecule has 13 nitrogen and oxygen atoms in total. The average Bonchev–Trinajstić information content (AvgIpc) is 3.31. The van der Waals surface area contributed by atoms with Gasteiger partial charge in [0, 0.05) is 39.3 Å². The first-order valence-corrected chi connectivity index (χ1v) is 15.0. The van der Waals surface area contributed by atoms with Gasteiger partial charge in [0.1, 0.15) is 17.1 Å². The summed E-state index contributed by atoms with van der Waals surface area (Å²) in [6, 6.07) is 6.60. The Morgan fingerprint density at radius 1 is 0.833 bits per heavy atom. The number of aliphatic imine (C=N–C) groups is 1. The van der Waals surface area contributed by atoms with E-state index in [-0.39, 0.29) is 5.56 Å². The van der Waals surface area contributed by atoms with Crippen LogP contribution in [-0.4, -0.2) is 88.0 Å². The summed E-state index contributed by atoms with van der Waals surface area (Å²) in [5.74, 6) is -4.85. The smallest absolute Gasteiger partial charge is 0.319 e. The van der Waals surface area contributed by atoms with Gasteiger partial charge in [-0.15, -0.1) is 23.5 Å². The van der Waals surface area contributed by atoms with Gasteiger partial charge in [0.25, 0.3) is 5.78 Å². The molecule has 0 radical (unpaired) electrons. The first-order chi connectivity index (χ1) is 19.9. The van der Waals surface area contributed by atoms with Crippen LogP contribution in [0.4, 0.5) is 0 Å². The minimum atomic E-state index is -1.41. The maximum Gasteiger partial charge on any atom is 0.319 e. The Kier molecular flexibility index (Phi) is 11.3. The molecule has 0 aliphatic carbocycles. The fraction of sp³-hybridized carbons (Fsp3) is 0.444. The molecule has 2 aromatic rings. The summed E-state index contributed by atoms with van der Waals surface area (Å²) in [4.78, 5) is 78.1. The van der Waals surface area contributed by atoms with Crippen LogP contribution >= 0.6 is 23.5 Å². The number of thioether (sulfide) groups is 2. The maximum atomic E-state index is 13.3. The van der Waals surface area contributed by atoms with Crippen molar-refractivity contribution in [2.75, 3.05) is 19.1 Å². The van der Waals surface area contributed by atoms with Crippen molar-refractivity contribution in [2.24, 2.45) is 4.99 Å². The second kappa shape index (κ2) is 14.5. The topological polar surface area (TPSA) is 166 Å². The van der Waals surface area contributed by atoms with Crippen LogP contribution in [0.2, 0.25) is 0 Å². The molecule has 226 valence electrons. The van der Waals surface area contributed by atoms with Gasteiger partial charge in [-0.1, -0.05) is 18.2 Å². The molecule has 0 saturated carbocycles. The van der Waals surface area contributed by atoms with E-state index >= 15 is 0 Å². The number of fused-ring (bicyclic) bond motifs is 1. The SMILES string of the molecule is CSC(=NC(=O)C(=O)c1cn([C@@H]2O[C@H](COC(C)=O)[C@@H](OC(C)=O)[C@H](OC(C)=O)[C@H]2OC(C)=O)c2ccccc12)SC. The van der Waals surface area contributed by atoms with Crippen molar-refractivity contribution in [1.29, 1.82) is 0 Å². The lowest BCUT2D eigenvalue weighted by molar-refractivity contribution is -0.267. The molecule has 0 N–H and O–H groups in total. The number of amides is 1. The predicted octanol–water partition coefficient (Wildman–Crippen LogP) is 2.69. The molecule has 0 unspecified atom stereocenters. The number of hydrogen-bond donors (Lipinski definition) is 0. The molecule has 0 spiro atoms. The minimum Gasteiger partial charge on any atom is -0.463 e. The predicted molar refractivity (Wildman–Crippen MR) is 153 cm³/mol. The molecule has 1 saturated heterocycles. The van der Waals surface area contributed by atoms with Crippen LogP contribution in [0.1, 0.15) is 44.3 Å². The van der Waals surface area contributed by atoms with Gasteiger partial charge in [-0.05, 0) is 18.6 Å². The number of benzene rings is 1. The van der Waals surface area contributed by atoms with Crippen LogP contribution in [0.3, 0.4) is 0 Å². The number of Topliss-reactive ketones (excluding diaryl/α,β-unsaturated/α-hetero) is 1. The minimum absolute atomic E-state index is 0.00578. The van der Waals surface area contributed by atoms with Gasteiger partial charge >= 0.3 is 29.8 Å². The van der Waals surface area contributed by atoms with E-state index in [2.05, 4.69) is 4.99 Å². The fourth-order valence-corrected chi connectivity index (χ4v) is 5.46. The second-order valence-corrected chi connectivity index (χ2v) is 10.8. The number of para-hydroxylation sites is 1. The highest BCUT2D eigenvalue weighted by molar-refractivity contribution is 8.38. The molecule has 1 amide bonds. The van der Waals surface area contributed by atoms with Gasteiger partial charge < -0.3 is 28.3 Å². The summed E-state index contributed by atoms with van der Waals surface area (Å²) in [5, 5.41) is 0.369. The van der Waals surface area contributed by atoms with Crippen LogP contribution in [0.5, 0.6) is 0 Å². The van der Waals surface area contributed by atoms with Gasteiger partial charge in [0.15, 0.2) is 24.5 Å². The third-order valence-electron chi connectivity index (χ3n) is 5.96. The molecule has 1 aliphatic heterocycles. The lowest BCUT2D eigenvalue weighted by Crippen LogP contribution is -2.60. The molecule has 1 aromatic heterocycles. The average molecular weight is 623 g/mol. The summed E-state index contributed by atoms with van der Waals surface area (Å²) in [6.45, 7) is 4.12. The zero-order valence-electron chi connectivity index (χ0n) is 23.7. The fourth-order valence-electron chi connectivity index (χ4n) is 4.45. The third-order valence-corrected chi connectivity index (χ3v) is 7.84. The highest BCUT2D eigenvalue weighted by atomic mass is 32.2. The summed E-state index contributed by atoms with van der Waals surface area (Å²) in [5.41, 5.74) is 0.391. The Balaban J connectivity index is 2.21. The summed E-state index contributed by atoms with van der Waals surface area (Å²) in [7, 11) is 0. The van der Waals surface area contributed by atoms with Crippen molar-refractivity contribution in [2.45, 2.75) is 58.3 Å². The number of rotatable bonds is 8. The van der Waals surface area contributed by atoms with Crippen LogP contribution in [0.25, 0.3) is 10.9 Å². The van der Waals surface area contributed by atoms with Crippen molar-refractivity contribution in [3.8, 4) is 0 Å². The zero-order chi connectivity index (χ0) is 31.1. The second-order valence-electron chi connectivity index (χ2n) is 8.98. The van der Waals surface area contributed by atoms with Gasteiger partial charge in [0.2, 0.25) is 0 Å². The number of aromatic nitrogens is 1. The molecule has 1 aromatic carbocycles. The number of carbonyl (C=O) groups excluding carboxylic acids is 6. The molecular weight excluding hydrogens is 592 g/mol. The van der Waals surface area contributed by atoms with E-state index in [0.29, 0.717) is 15.3 Å². The number of nitrogens with zero attached hydrogens (tertiary/aromatic N) is 2. The highest BCUT2D eigenvalue weighted by Crippen LogP contribution is 2.38. The van der Waals surface area contributed by atoms with Crippen LogP contribution < -0.4 is 0 Å². The molecule has 0 bridgehead atoms. The summed E-state index contributed by atoms with van der Waals surface area (Å²) >= 11 is 2.44. The van der Waals surface area contributed by atoms with E-state index in [1.807, 2.05) is 0 Å². The molecule has 42 heavy (non-hydrogen) atoms. The van der Waals surface area contributed by atoms with E-state index < -0.39 is 72.8 Å². The molecule has 5 atom stereocenters. The van der Waals surface area contributed by atoms with Crippen molar-refractivity contribution >= 4 is 74.4 Å². The molecule has 3 rings (SSSR count). The summed E-state index contributed by atoms with van der Waals surface area (Å²) < 4.78 is 29.7. The Hall–Kier alpha value is -3.69. The van der Waals surface area contributed by atoms with E-state index in [4.69, 9.17) is 23.7 Å². The molecule has 1 aliphatic rings. The molecular formula is C27H30N2O11S2. The van der Waals surface area contributed by atoms with Crippen molar-refractivity contribution < 1.29 is 52.5 Å². The van der Waals surface area contributed by atoms with Crippen LogP contribution in [0, 0.1) is 0 Å². The van der Waals surface area contributed by atoms with Crippen LogP contribution in [0.15, 0.2) is 35.5 Å². The molecule has 1 fully saturated rings. The zero-order valence-corrected chi connectivity index (χ0v) is 25.3. The monoisotopic (exact) mass is 622 g/mol. The van der Waals surface area contributed by atoms with Gasteiger partial charge in [-0.2, -0.15) is 4.99 Å². The Bertz CT molecular complexity index is 1410. The van der Waals surface area contributed by atoms with E-state index in [0.717, 1.165) is 20.8 Å². The Morgan fingerprint density at radius 2 is 1.40 bits per heavy atom. The number of ketones is 1. The highest BCUT2D eigenvalue weighted by Gasteiger charge is 2.53. The number of ether oxygens (including phenoxy) is 5. The molecule has 15 heteroatoms. The van der Waals surface area contributed by atoms with E-state index in [1.54, 1.807) is 36.8 Å². The lowest BCUT2D eigenvalue weighted by Gasteiger charge is -2.44. The largest absolute Gasteiger partial charge is 0.463 e. The lowest BCUT2D eigenvalue weighted by atomic mass is 9.97. The van der Waals surface area contributed by atoms with E-state index in [9.17, 15) is 28.8 Å². The molecule has 2 heterocycles. The first kappa shape index (κ1) is 32.8. The summed E-state index contributed by atoms with van der Waals surface area (Å²) in [6.07, 6.45) is -1.86. The number of hydrogen-bond acceptors (Lipinski definition) is 13. The Morgan fingerprint density at radius 3 is 1.98 bits per heavy atom. The van der Waals surface area contributed by atoms with Gasteiger partial charge in [-0.3, -0.25) is 28.8 Å². The maximum absolute atomic E-state index is 13.3. The number of esters is 4. The standard InChI is InChI=1S/C27H30N2O11S2/c1-13(30)36-12-20-22(37-14(2)31)23(38-15(3)32)24(39-16(4)33)26(40-20)29-11-18(17-9-7-8-10-19(17)29)21(34)25(35)28-27(41-5)42-6/h7-11,20,22-24,26H,12H2,1-6H3/t20-,22-,23+,24-,26-/m1/s1. The van der Waals surface area contributed by atoms with Crippen LogP contribution in [-0.2, 0) is 47.7 Å². The van der Waals surface area contributed by atoms with Crippen molar-refractivity contribution in [1.82, 2.24) is 4.57 Å². The van der Waals surface area contributed by atoms with Crippen molar-refractivity contribution in [3.05, 3.63) is 36.0 Å². The normalized spacial score (nSPS) is 21.6. The van der Waals surface area contributed by atoms with E-state index in [1.165, 1.54) is 41.2 Å². The third kappa shape index (κ3) is 7.77. The first-order valence-electron chi connectivity index (χ1n) is 12.5. The van der Waals surface area contributed by atoms with Gasteiger partial charge in [-0.25, -0.2) is 0 Å². The quantitative estimate of drug-likeness (QED) is 0.105. The van der Waals surface area contributed by atoms with Gasteiger partial charge in [0.05, 0.1) is 11.1 Å². The Labute approximate surface area is 249 Å². The number of carbonyl (C=O) groups is 6. The van der Waals surface area contributed by atoms with Crippen molar-refractivity contribution in [3.63, 3.8) is 0 Å².